The first kappa shape index (κ1) is 59.6. The van der Waals surface area contributed by atoms with Crippen LogP contribution in [0.1, 0.15) is 181 Å². The number of rotatable bonds is 43. The van der Waals surface area contributed by atoms with Crippen LogP contribution in [0.5, 0.6) is 0 Å². The van der Waals surface area contributed by atoms with Crippen LogP contribution >= 0.6 is 7.82 Å². The van der Waals surface area contributed by atoms with Gasteiger partial charge in [-0.3, -0.25) is 14.2 Å². The van der Waals surface area contributed by atoms with Gasteiger partial charge in [-0.15, -0.1) is 0 Å². The van der Waals surface area contributed by atoms with Crippen molar-refractivity contribution < 1.29 is 52.3 Å². The van der Waals surface area contributed by atoms with Crippen LogP contribution in [0.2, 0.25) is 0 Å². The monoisotopic (exact) mass is 896 g/mol. The van der Waals surface area contributed by atoms with Gasteiger partial charge >= 0.3 is 11.9 Å². The minimum absolute atomic E-state index is 0.0266. The summed E-state index contributed by atoms with van der Waals surface area (Å²) in [4.78, 5) is 37.7. The molecule has 1 unspecified atom stereocenters. The zero-order valence-corrected chi connectivity index (χ0v) is 40.7. The number of hydrogen-bond donors (Lipinski definition) is 2. The second-order valence-electron chi connectivity index (χ2n) is 17.5. The maximum absolute atomic E-state index is 12.7. The molecule has 0 saturated heterocycles. The second-order valence-corrected chi connectivity index (χ2v) is 18.9. The van der Waals surface area contributed by atoms with Gasteiger partial charge in [0.1, 0.15) is 19.8 Å². The first-order valence-electron chi connectivity index (χ1n) is 24.2. The van der Waals surface area contributed by atoms with Crippen LogP contribution < -0.4 is 4.89 Å². The summed E-state index contributed by atoms with van der Waals surface area (Å²) in [5, 5.41) is 20.2. The summed E-state index contributed by atoms with van der Waals surface area (Å²) in [5.41, 5.74) is 0. The number of aliphatic hydroxyl groups is 2. The lowest BCUT2D eigenvalue weighted by molar-refractivity contribution is -0.870. The Hall–Kier alpha value is -2.37. The Balaban J connectivity index is 4.52. The van der Waals surface area contributed by atoms with Crippen LogP contribution in [-0.2, 0) is 32.7 Å². The number of allylic oxidation sites excluding steroid dienone is 8. The van der Waals surface area contributed by atoms with Gasteiger partial charge in [-0.2, -0.15) is 0 Å². The summed E-state index contributed by atoms with van der Waals surface area (Å²) in [6, 6.07) is 0. The molecule has 0 aromatic carbocycles. The topological polar surface area (TPSA) is 152 Å². The van der Waals surface area contributed by atoms with Gasteiger partial charge in [0, 0.05) is 12.8 Å². The fourth-order valence-corrected chi connectivity index (χ4v) is 7.06. The number of unbranched alkanes of at least 4 members (excludes halogenated alkanes) is 17. The Kier molecular flexibility index (Phi) is 39.8. The van der Waals surface area contributed by atoms with Crippen LogP contribution in [0.4, 0.5) is 0 Å². The number of ether oxygens (including phenoxy) is 2. The van der Waals surface area contributed by atoms with Crippen molar-refractivity contribution in [2.75, 3.05) is 47.5 Å². The molecule has 4 atom stereocenters. The molecule has 0 bridgehead atoms. The van der Waals surface area contributed by atoms with E-state index in [9.17, 15) is 29.3 Å². The third-order valence-electron chi connectivity index (χ3n) is 10.2. The Morgan fingerprint density at radius 2 is 1.08 bits per heavy atom. The molecule has 0 heterocycles. The summed E-state index contributed by atoms with van der Waals surface area (Å²) >= 11 is 0. The number of carbonyl (C=O) groups is 2. The highest BCUT2D eigenvalue weighted by Gasteiger charge is 2.22. The Bertz CT molecular complexity index is 1270. The molecule has 0 aromatic rings. The van der Waals surface area contributed by atoms with E-state index in [1.165, 1.54) is 83.5 Å². The summed E-state index contributed by atoms with van der Waals surface area (Å²) in [6.07, 6.45) is 43.2. The summed E-state index contributed by atoms with van der Waals surface area (Å²) in [7, 11) is 1.03. The van der Waals surface area contributed by atoms with Crippen LogP contribution in [0.3, 0.4) is 0 Å². The number of quaternary nitrogens is 1. The van der Waals surface area contributed by atoms with E-state index in [1.807, 2.05) is 51.5 Å². The molecule has 2 N–H and O–H groups in total. The fourth-order valence-electron chi connectivity index (χ4n) is 6.33. The Morgan fingerprint density at radius 1 is 0.597 bits per heavy atom. The number of phosphoric ester groups is 1. The van der Waals surface area contributed by atoms with Crippen molar-refractivity contribution >= 4 is 19.8 Å². The quantitative estimate of drug-likeness (QED) is 0.0151. The zero-order valence-electron chi connectivity index (χ0n) is 39.8. The van der Waals surface area contributed by atoms with Crippen molar-refractivity contribution in [3.05, 3.63) is 60.8 Å². The van der Waals surface area contributed by atoms with E-state index >= 15 is 0 Å². The first-order chi connectivity index (χ1) is 29.8. The van der Waals surface area contributed by atoms with Gasteiger partial charge < -0.3 is 38.1 Å². The molecule has 0 aliphatic rings. The molecule has 0 fully saturated rings. The smallest absolute Gasteiger partial charge is 0.306 e. The third kappa shape index (κ3) is 44.2. The van der Waals surface area contributed by atoms with E-state index in [-0.39, 0.29) is 26.1 Å². The van der Waals surface area contributed by atoms with Crippen molar-refractivity contribution in [3.63, 3.8) is 0 Å². The maximum atomic E-state index is 12.7. The molecule has 0 rings (SSSR count). The predicted molar refractivity (Wildman–Crippen MR) is 252 cm³/mol. The van der Waals surface area contributed by atoms with Gasteiger partial charge in [0.25, 0.3) is 7.82 Å². The SMILES string of the molecule is CCCCCCCC/C=C\CCCCCCCCCCCC(=O)O[C@H](COC(=O)CCC[C@@H](O)/C=C/C=C\C/C=C\C=C\[C@@H](O)CCCCC)COP(=O)([O-])OCC[N+](C)(C)C. The molecule has 12 heteroatoms. The number of esters is 2. The second kappa shape index (κ2) is 41.3. The molecule has 62 heavy (non-hydrogen) atoms. The van der Waals surface area contributed by atoms with Gasteiger partial charge in [0.15, 0.2) is 6.10 Å². The van der Waals surface area contributed by atoms with Crippen LogP contribution in [0, 0.1) is 0 Å². The van der Waals surface area contributed by atoms with E-state index in [2.05, 4.69) is 26.0 Å². The lowest BCUT2D eigenvalue weighted by Gasteiger charge is -2.28. The van der Waals surface area contributed by atoms with Crippen molar-refractivity contribution in [3.8, 4) is 0 Å². The number of carbonyl (C=O) groups excluding carboxylic acids is 2. The number of aliphatic hydroxyl groups excluding tert-OH is 2. The molecular formula is C50H90NO10P. The molecular weight excluding hydrogens is 806 g/mol. The summed E-state index contributed by atoms with van der Waals surface area (Å²) in [5.74, 6) is -1.07. The molecule has 0 aromatic heterocycles. The number of phosphoric acid groups is 1. The maximum Gasteiger partial charge on any atom is 0.306 e. The standard InChI is InChI=1S/C50H90NO10P/c1-6-8-10-11-12-13-14-15-16-17-18-19-20-21-22-23-27-30-34-40-50(55)61-48(45-60-62(56,57)59-43-42-51(3,4)5)44-58-49(54)41-35-39-47(53)38-33-29-26-24-25-28-32-37-46(52)36-31-9-7-2/h15-16,25-26,28-29,32-33,37-38,46-48,52-53H,6-14,17-24,27,30-31,34-36,39-45H2,1-5H3/b16-15-,28-25-,29-26-,37-32+,38-33+/t46-,47-,48+/m0/s1. The minimum Gasteiger partial charge on any atom is -0.756 e. The molecule has 0 aliphatic heterocycles. The van der Waals surface area contributed by atoms with Crippen molar-refractivity contribution in [1.82, 2.24) is 0 Å². The van der Waals surface area contributed by atoms with E-state index in [0.717, 1.165) is 44.9 Å². The molecule has 0 saturated carbocycles. The average Bonchev–Trinajstić information content (AvgIpc) is 3.21. The normalized spacial score (nSPS) is 15.0. The van der Waals surface area contributed by atoms with Gasteiger partial charge in [0.2, 0.25) is 0 Å². The highest BCUT2D eigenvalue weighted by atomic mass is 31.2. The lowest BCUT2D eigenvalue weighted by Crippen LogP contribution is -2.37. The molecule has 0 aliphatic carbocycles. The third-order valence-corrected chi connectivity index (χ3v) is 11.2. The molecule has 0 radical (unpaired) electrons. The first-order valence-corrected chi connectivity index (χ1v) is 25.7. The fraction of sp³-hybridized carbons (Fsp3) is 0.760. The van der Waals surface area contributed by atoms with E-state index in [4.69, 9.17) is 18.5 Å². The van der Waals surface area contributed by atoms with Gasteiger partial charge in [-0.25, -0.2) is 0 Å². The van der Waals surface area contributed by atoms with Gasteiger partial charge in [-0.05, 0) is 57.8 Å². The van der Waals surface area contributed by atoms with Crippen LogP contribution in [-0.4, -0.2) is 92.5 Å². The Morgan fingerprint density at radius 3 is 1.63 bits per heavy atom. The molecule has 0 amide bonds. The highest BCUT2D eigenvalue weighted by molar-refractivity contribution is 7.45. The van der Waals surface area contributed by atoms with Gasteiger partial charge in [0.05, 0.1) is 40.0 Å². The predicted octanol–water partition coefficient (Wildman–Crippen LogP) is 11.3. The van der Waals surface area contributed by atoms with E-state index in [0.29, 0.717) is 36.7 Å². The number of likely N-dealkylation sites (N-methyl/N-ethyl adjacent to an activating group) is 1. The largest absolute Gasteiger partial charge is 0.756 e. The van der Waals surface area contributed by atoms with E-state index in [1.54, 1.807) is 18.2 Å². The summed E-state index contributed by atoms with van der Waals surface area (Å²) in [6.45, 7) is 3.86. The average molecular weight is 896 g/mol. The zero-order chi connectivity index (χ0) is 46.0. The molecule has 360 valence electrons. The number of hydrogen-bond acceptors (Lipinski definition) is 10. The van der Waals surface area contributed by atoms with Crippen molar-refractivity contribution in [1.29, 1.82) is 0 Å². The van der Waals surface area contributed by atoms with E-state index < -0.39 is 44.7 Å². The molecule has 11 nitrogen and oxygen atoms in total. The minimum atomic E-state index is -4.69. The Labute approximate surface area is 378 Å². The van der Waals surface area contributed by atoms with Gasteiger partial charge in [-0.1, -0.05) is 171 Å². The molecule has 0 spiro atoms. The van der Waals surface area contributed by atoms with Crippen molar-refractivity contribution in [2.45, 2.75) is 199 Å². The summed E-state index contributed by atoms with van der Waals surface area (Å²) < 4.78 is 33.8. The number of nitrogens with zero attached hydrogens (tertiary/aromatic N) is 1. The van der Waals surface area contributed by atoms with Crippen molar-refractivity contribution in [2.24, 2.45) is 0 Å². The lowest BCUT2D eigenvalue weighted by atomic mass is 10.1. The van der Waals surface area contributed by atoms with Crippen LogP contribution in [0.15, 0.2) is 60.8 Å². The van der Waals surface area contributed by atoms with Crippen LogP contribution in [0.25, 0.3) is 0 Å². The highest BCUT2D eigenvalue weighted by Crippen LogP contribution is 2.38.